The Labute approximate surface area is 109 Å². The van der Waals surface area contributed by atoms with E-state index in [1.165, 1.54) is 0 Å². The van der Waals surface area contributed by atoms with Crippen molar-refractivity contribution in [2.75, 3.05) is 0 Å². The maximum absolute atomic E-state index is 10.7. The van der Waals surface area contributed by atoms with Gasteiger partial charge in [-0.1, -0.05) is 24.3 Å². The molecule has 0 unspecified atom stereocenters. The van der Waals surface area contributed by atoms with Crippen LogP contribution < -0.4 is 0 Å². The normalized spacial score (nSPS) is 10.7. The number of oxazole rings is 1. The molecule has 3 aromatic rings. The number of nitrogens with zero attached hydrogens (tertiary/aromatic N) is 1. The van der Waals surface area contributed by atoms with Crippen LogP contribution in [0.1, 0.15) is 5.56 Å². The second kappa shape index (κ2) is 4.57. The standard InChI is InChI=1S/C15H11NO3/c17-14(18)9-10-4-3-5-11(8-10)15-16-12-6-1-2-7-13(12)19-15/h1-8H,9H2,(H,17,18). The molecular weight excluding hydrogens is 242 g/mol. The Bertz CT molecular complexity index is 713. The molecule has 94 valence electrons. The highest BCUT2D eigenvalue weighted by atomic mass is 16.4. The van der Waals surface area contributed by atoms with Crippen LogP contribution in [-0.4, -0.2) is 16.1 Å². The summed E-state index contributed by atoms with van der Waals surface area (Å²) in [6, 6.07) is 14.8. The molecule has 0 aliphatic heterocycles. The summed E-state index contributed by atoms with van der Waals surface area (Å²) in [5.74, 6) is -0.344. The number of hydrogen-bond donors (Lipinski definition) is 1. The third-order valence-electron chi connectivity index (χ3n) is 2.82. The summed E-state index contributed by atoms with van der Waals surface area (Å²) in [6.45, 7) is 0. The number of carboxylic acid groups (broad SMARTS) is 1. The van der Waals surface area contributed by atoms with Crippen molar-refractivity contribution in [2.24, 2.45) is 0 Å². The van der Waals surface area contributed by atoms with Gasteiger partial charge in [-0.05, 0) is 29.8 Å². The Hall–Kier alpha value is -2.62. The largest absolute Gasteiger partial charge is 0.481 e. The number of fused-ring (bicyclic) bond motifs is 1. The summed E-state index contributed by atoms with van der Waals surface area (Å²) in [4.78, 5) is 15.1. The average molecular weight is 253 g/mol. The van der Waals surface area contributed by atoms with E-state index in [-0.39, 0.29) is 6.42 Å². The van der Waals surface area contributed by atoms with Crippen molar-refractivity contribution in [2.45, 2.75) is 6.42 Å². The molecule has 1 heterocycles. The van der Waals surface area contributed by atoms with Gasteiger partial charge >= 0.3 is 5.97 Å². The predicted octanol–water partition coefficient (Wildman–Crippen LogP) is 3.12. The Morgan fingerprint density at radius 1 is 1.16 bits per heavy atom. The maximum Gasteiger partial charge on any atom is 0.307 e. The first kappa shape index (κ1) is 11.5. The molecule has 0 saturated heterocycles. The van der Waals surface area contributed by atoms with Gasteiger partial charge in [0.2, 0.25) is 5.89 Å². The molecule has 0 amide bonds. The summed E-state index contributed by atoms with van der Waals surface area (Å²) in [7, 11) is 0. The summed E-state index contributed by atoms with van der Waals surface area (Å²) in [5, 5.41) is 8.80. The molecule has 0 saturated carbocycles. The van der Waals surface area contributed by atoms with Crippen molar-refractivity contribution in [1.82, 2.24) is 4.98 Å². The molecule has 19 heavy (non-hydrogen) atoms. The van der Waals surface area contributed by atoms with Crippen molar-refractivity contribution in [3.8, 4) is 11.5 Å². The van der Waals surface area contributed by atoms with E-state index < -0.39 is 5.97 Å². The Balaban J connectivity index is 2.03. The SMILES string of the molecule is O=C(O)Cc1cccc(-c2nc3ccccc3o2)c1. The van der Waals surface area contributed by atoms with Gasteiger partial charge in [0.1, 0.15) is 5.52 Å². The van der Waals surface area contributed by atoms with Crippen molar-refractivity contribution in [3.05, 3.63) is 54.1 Å². The lowest BCUT2D eigenvalue weighted by atomic mass is 10.1. The minimum Gasteiger partial charge on any atom is -0.481 e. The molecule has 0 spiro atoms. The lowest BCUT2D eigenvalue weighted by molar-refractivity contribution is -0.136. The minimum absolute atomic E-state index is 0.00588. The second-order valence-electron chi connectivity index (χ2n) is 4.26. The van der Waals surface area contributed by atoms with E-state index in [0.29, 0.717) is 5.89 Å². The van der Waals surface area contributed by atoms with Crippen molar-refractivity contribution in [1.29, 1.82) is 0 Å². The van der Waals surface area contributed by atoms with Crippen molar-refractivity contribution < 1.29 is 14.3 Å². The number of hydrogen-bond acceptors (Lipinski definition) is 3. The van der Waals surface area contributed by atoms with Crippen molar-refractivity contribution >= 4 is 17.1 Å². The molecule has 0 atom stereocenters. The zero-order chi connectivity index (χ0) is 13.2. The molecule has 1 N–H and O–H groups in total. The minimum atomic E-state index is -0.852. The van der Waals surface area contributed by atoms with Crippen LogP contribution in [0.25, 0.3) is 22.6 Å². The molecule has 3 rings (SSSR count). The summed E-state index contributed by atoms with van der Waals surface area (Å²) < 4.78 is 5.66. The van der Waals surface area contributed by atoms with Crippen LogP contribution in [0, 0.1) is 0 Å². The Morgan fingerprint density at radius 3 is 2.79 bits per heavy atom. The topological polar surface area (TPSA) is 63.3 Å². The molecule has 4 heteroatoms. The van der Waals surface area contributed by atoms with Crippen molar-refractivity contribution in [3.63, 3.8) is 0 Å². The first-order valence-electron chi connectivity index (χ1n) is 5.89. The first-order chi connectivity index (χ1) is 9.22. The van der Waals surface area contributed by atoms with E-state index in [9.17, 15) is 4.79 Å². The Morgan fingerprint density at radius 2 is 2.00 bits per heavy atom. The third kappa shape index (κ3) is 2.33. The molecule has 0 radical (unpaired) electrons. The molecule has 0 aliphatic carbocycles. The molecule has 2 aromatic carbocycles. The molecule has 0 fully saturated rings. The fourth-order valence-corrected chi connectivity index (χ4v) is 1.98. The van der Waals surface area contributed by atoms with Gasteiger partial charge in [-0.2, -0.15) is 0 Å². The lowest BCUT2D eigenvalue weighted by Gasteiger charge is -1.99. The zero-order valence-corrected chi connectivity index (χ0v) is 10.0. The molecular formula is C15H11NO3. The Kier molecular flexibility index (Phi) is 2.76. The highest BCUT2D eigenvalue weighted by molar-refractivity contribution is 5.76. The fourth-order valence-electron chi connectivity index (χ4n) is 1.98. The van der Waals surface area contributed by atoms with Gasteiger partial charge in [0, 0.05) is 5.56 Å². The van der Waals surface area contributed by atoms with Gasteiger partial charge in [0.05, 0.1) is 6.42 Å². The molecule has 4 nitrogen and oxygen atoms in total. The number of carbonyl (C=O) groups is 1. The van der Waals surface area contributed by atoms with Gasteiger partial charge in [-0.3, -0.25) is 4.79 Å². The highest BCUT2D eigenvalue weighted by Gasteiger charge is 2.09. The predicted molar refractivity (Wildman–Crippen MR) is 70.8 cm³/mol. The van der Waals surface area contributed by atoms with Crippen LogP contribution in [0.3, 0.4) is 0 Å². The summed E-state index contributed by atoms with van der Waals surface area (Å²) >= 11 is 0. The molecule has 0 aliphatic rings. The van der Waals surface area contributed by atoms with Crippen LogP contribution >= 0.6 is 0 Å². The van der Waals surface area contributed by atoms with E-state index >= 15 is 0 Å². The highest BCUT2D eigenvalue weighted by Crippen LogP contribution is 2.24. The van der Waals surface area contributed by atoms with E-state index in [2.05, 4.69) is 4.98 Å². The average Bonchev–Trinajstić information content (AvgIpc) is 2.82. The van der Waals surface area contributed by atoms with E-state index in [1.807, 2.05) is 36.4 Å². The van der Waals surface area contributed by atoms with Gasteiger partial charge in [-0.15, -0.1) is 0 Å². The first-order valence-corrected chi connectivity index (χ1v) is 5.89. The van der Waals surface area contributed by atoms with Crippen LogP contribution in [0.2, 0.25) is 0 Å². The summed E-state index contributed by atoms with van der Waals surface area (Å²) in [6.07, 6.45) is -0.00588. The zero-order valence-electron chi connectivity index (χ0n) is 10.0. The monoisotopic (exact) mass is 253 g/mol. The number of para-hydroxylation sites is 2. The number of rotatable bonds is 3. The molecule has 1 aromatic heterocycles. The molecule has 0 bridgehead atoms. The van der Waals surface area contributed by atoms with Crippen LogP contribution in [0.15, 0.2) is 52.9 Å². The van der Waals surface area contributed by atoms with Gasteiger partial charge in [0.15, 0.2) is 5.58 Å². The number of benzene rings is 2. The van der Waals surface area contributed by atoms with Crippen LogP contribution in [0.5, 0.6) is 0 Å². The van der Waals surface area contributed by atoms with Gasteiger partial charge < -0.3 is 9.52 Å². The fraction of sp³-hybridized carbons (Fsp3) is 0.0667. The lowest BCUT2D eigenvalue weighted by Crippen LogP contribution is -1.99. The quantitative estimate of drug-likeness (QED) is 0.778. The van der Waals surface area contributed by atoms with Crippen LogP contribution in [0.4, 0.5) is 0 Å². The van der Waals surface area contributed by atoms with E-state index in [4.69, 9.17) is 9.52 Å². The van der Waals surface area contributed by atoms with Gasteiger partial charge in [0.25, 0.3) is 0 Å². The third-order valence-corrected chi connectivity index (χ3v) is 2.82. The summed E-state index contributed by atoms with van der Waals surface area (Å²) in [5.41, 5.74) is 3.03. The maximum atomic E-state index is 10.7. The van der Waals surface area contributed by atoms with Gasteiger partial charge in [-0.25, -0.2) is 4.98 Å². The number of carboxylic acids is 1. The number of aliphatic carboxylic acids is 1. The second-order valence-corrected chi connectivity index (χ2v) is 4.26. The van der Waals surface area contributed by atoms with E-state index in [0.717, 1.165) is 22.2 Å². The van der Waals surface area contributed by atoms with E-state index in [1.54, 1.807) is 12.1 Å². The number of aromatic nitrogens is 1. The smallest absolute Gasteiger partial charge is 0.307 e. The van der Waals surface area contributed by atoms with Crippen LogP contribution in [-0.2, 0) is 11.2 Å².